The fourth-order valence-corrected chi connectivity index (χ4v) is 1.14. The highest BCUT2D eigenvalue weighted by atomic mass is 35.5. The Morgan fingerprint density at radius 2 is 2.00 bits per heavy atom. The molecular formula is C12H14ClO. The Bertz CT molecular complexity index is 277. The van der Waals surface area contributed by atoms with Gasteiger partial charge in [0, 0.05) is 11.6 Å². The van der Waals surface area contributed by atoms with E-state index in [1.54, 1.807) is 0 Å². The molecule has 0 saturated heterocycles. The lowest BCUT2D eigenvalue weighted by molar-refractivity contribution is 0.167. The van der Waals surface area contributed by atoms with Crippen LogP contribution in [0.1, 0.15) is 12.0 Å². The van der Waals surface area contributed by atoms with Crippen molar-refractivity contribution in [3.05, 3.63) is 47.9 Å². The topological polar surface area (TPSA) is 9.23 Å². The van der Waals surface area contributed by atoms with Crippen LogP contribution >= 0.6 is 11.6 Å². The molecule has 1 radical (unpaired) electrons. The van der Waals surface area contributed by atoms with E-state index in [1.165, 1.54) is 0 Å². The van der Waals surface area contributed by atoms with Crippen molar-refractivity contribution in [3.63, 3.8) is 0 Å². The number of ether oxygens (including phenoxy) is 1. The summed E-state index contributed by atoms with van der Waals surface area (Å²) < 4.78 is 5.25. The average molecular weight is 210 g/mol. The minimum Gasteiger partial charge on any atom is -0.377 e. The molecule has 0 aliphatic carbocycles. The zero-order chi connectivity index (χ0) is 10.2. The third-order valence-corrected chi connectivity index (χ3v) is 1.94. The standard InChI is InChI=1S/C12H14ClO/c1-2-9-14-10-3-4-11-5-7-12(13)8-6-11/h3-8H,1-2,9-10H2/b4-3+. The van der Waals surface area contributed by atoms with Gasteiger partial charge in [0.15, 0.2) is 0 Å². The van der Waals surface area contributed by atoms with Gasteiger partial charge >= 0.3 is 0 Å². The maximum atomic E-state index is 5.76. The molecule has 1 aromatic carbocycles. The van der Waals surface area contributed by atoms with Crippen molar-refractivity contribution in [1.29, 1.82) is 0 Å². The molecule has 0 spiro atoms. The molecule has 1 nitrogen and oxygen atoms in total. The van der Waals surface area contributed by atoms with Crippen LogP contribution in [0.25, 0.3) is 6.08 Å². The molecule has 0 amide bonds. The summed E-state index contributed by atoms with van der Waals surface area (Å²) in [6, 6.07) is 7.69. The van der Waals surface area contributed by atoms with E-state index in [2.05, 4.69) is 6.92 Å². The molecule has 0 fully saturated rings. The van der Waals surface area contributed by atoms with Crippen LogP contribution in [0.5, 0.6) is 0 Å². The lowest BCUT2D eigenvalue weighted by Crippen LogP contribution is -1.91. The van der Waals surface area contributed by atoms with E-state index in [9.17, 15) is 0 Å². The molecule has 0 atom stereocenters. The fraction of sp³-hybridized carbons (Fsp3) is 0.250. The molecule has 1 aromatic rings. The summed E-state index contributed by atoms with van der Waals surface area (Å²) in [6.07, 6.45) is 4.81. The molecule has 0 unspecified atom stereocenters. The predicted molar refractivity (Wildman–Crippen MR) is 61.3 cm³/mol. The van der Waals surface area contributed by atoms with Crippen molar-refractivity contribution < 1.29 is 4.74 Å². The molecule has 0 heterocycles. The maximum absolute atomic E-state index is 5.76. The number of halogens is 1. The van der Waals surface area contributed by atoms with Crippen molar-refractivity contribution >= 4 is 17.7 Å². The fourth-order valence-electron chi connectivity index (χ4n) is 1.01. The van der Waals surface area contributed by atoms with Crippen molar-refractivity contribution in [2.24, 2.45) is 0 Å². The monoisotopic (exact) mass is 209 g/mol. The molecule has 0 N–H and O–H groups in total. The van der Waals surface area contributed by atoms with Crippen LogP contribution in [0, 0.1) is 6.92 Å². The second-order valence-corrected chi connectivity index (χ2v) is 3.32. The van der Waals surface area contributed by atoms with Gasteiger partial charge in [-0.3, -0.25) is 0 Å². The van der Waals surface area contributed by atoms with Gasteiger partial charge in [0.1, 0.15) is 0 Å². The highest BCUT2D eigenvalue weighted by molar-refractivity contribution is 6.30. The van der Waals surface area contributed by atoms with Crippen LogP contribution in [0.4, 0.5) is 0 Å². The zero-order valence-electron chi connectivity index (χ0n) is 8.08. The molecule has 1 rings (SSSR count). The Morgan fingerprint density at radius 1 is 1.29 bits per heavy atom. The number of benzene rings is 1. The largest absolute Gasteiger partial charge is 0.377 e. The number of rotatable bonds is 5. The smallest absolute Gasteiger partial charge is 0.0650 e. The first-order valence-electron chi connectivity index (χ1n) is 4.62. The van der Waals surface area contributed by atoms with Gasteiger partial charge in [0.25, 0.3) is 0 Å². The van der Waals surface area contributed by atoms with Gasteiger partial charge in [0.05, 0.1) is 6.61 Å². The summed E-state index contributed by atoms with van der Waals surface area (Å²) in [6.45, 7) is 5.04. The second-order valence-electron chi connectivity index (χ2n) is 2.88. The van der Waals surface area contributed by atoms with Gasteiger partial charge in [-0.25, -0.2) is 0 Å². The van der Waals surface area contributed by atoms with Crippen LogP contribution in [-0.4, -0.2) is 13.2 Å². The van der Waals surface area contributed by atoms with Crippen LogP contribution < -0.4 is 0 Å². The SMILES string of the molecule is [CH2]CCOC/C=C/c1ccc(Cl)cc1. The first-order chi connectivity index (χ1) is 6.83. The quantitative estimate of drug-likeness (QED) is 0.674. The van der Waals surface area contributed by atoms with Gasteiger partial charge in [-0.05, 0) is 24.1 Å². The molecule has 14 heavy (non-hydrogen) atoms. The van der Waals surface area contributed by atoms with Crippen LogP contribution in [-0.2, 0) is 4.74 Å². The van der Waals surface area contributed by atoms with Gasteiger partial charge in [-0.2, -0.15) is 0 Å². The minimum atomic E-state index is 0.637. The summed E-state index contributed by atoms with van der Waals surface area (Å²) in [4.78, 5) is 0. The molecule has 0 aliphatic rings. The second kappa shape index (κ2) is 6.63. The van der Waals surface area contributed by atoms with Crippen LogP contribution in [0.15, 0.2) is 30.3 Å². The Kier molecular flexibility index (Phi) is 5.35. The van der Waals surface area contributed by atoms with Gasteiger partial charge in [-0.15, -0.1) is 0 Å². The lowest BCUT2D eigenvalue weighted by atomic mass is 10.2. The summed E-state index contributed by atoms with van der Waals surface area (Å²) >= 11 is 5.76. The van der Waals surface area contributed by atoms with Crippen molar-refractivity contribution in [1.82, 2.24) is 0 Å². The number of hydrogen-bond acceptors (Lipinski definition) is 1. The predicted octanol–water partition coefficient (Wildman–Crippen LogP) is 3.59. The molecule has 0 saturated carbocycles. The van der Waals surface area contributed by atoms with E-state index in [0.29, 0.717) is 13.2 Å². The van der Waals surface area contributed by atoms with Crippen molar-refractivity contribution in [2.45, 2.75) is 6.42 Å². The molecule has 0 bridgehead atoms. The Balaban J connectivity index is 2.33. The summed E-state index contributed by atoms with van der Waals surface area (Å²) in [5.74, 6) is 0. The summed E-state index contributed by atoms with van der Waals surface area (Å²) in [5.41, 5.74) is 1.13. The van der Waals surface area contributed by atoms with E-state index >= 15 is 0 Å². The Hall–Kier alpha value is -0.790. The third kappa shape index (κ3) is 4.45. The van der Waals surface area contributed by atoms with E-state index < -0.39 is 0 Å². The number of hydrogen-bond donors (Lipinski definition) is 0. The van der Waals surface area contributed by atoms with Crippen LogP contribution in [0.2, 0.25) is 5.02 Å². The summed E-state index contributed by atoms with van der Waals surface area (Å²) in [7, 11) is 0. The lowest BCUT2D eigenvalue weighted by Gasteiger charge is -1.96. The van der Waals surface area contributed by atoms with E-state index in [0.717, 1.165) is 17.0 Å². The van der Waals surface area contributed by atoms with E-state index in [1.807, 2.05) is 36.4 Å². The highest BCUT2D eigenvalue weighted by Crippen LogP contribution is 2.10. The molecular weight excluding hydrogens is 196 g/mol. The minimum absolute atomic E-state index is 0.637. The van der Waals surface area contributed by atoms with Crippen molar-refractivity contribution in [2.75, 3.05) is 13.2 Å². The normalized spacial score (nSPS) is 11.0. The molecule has 0 aromatic heterocycles. The maximum Gasteiger partial charge on any atom is 0.0650 e. The van der Waals surface area contributed by atoms with E-state index in [-0.39, 0.29) is 0 Å². The molecule has 0 aliphatic heterocycles. The van der Waals surface area contributed by atoms with Gasteiger partial charge < -0.3 is 4.74 Å². The Labute approximate surface area is 90.3 Å². The highest BCUT2D eigenvalue weighted by Gasteiger charge is 1.87. The first-order valence-corrected chi connectivity index (χ1v) is 5.00. The van der Waals surface area contributed by atoms with E-state index in [4.69, 9.17) is 16.3 Å². The first kappa shape index (κ1) is 11.3. The average Bonchev–Trinajstić information content (AvgIpc) is 2.21. The van der Waals surface area contributed by atoms with Crippen molar-refractivity contribution in [3.8, 4) is 0 Å². The summed E-state index contributed by atoms with van der Waals surface area (Å²) in [5, 5.41) is 0.760. The molecule has 2 heteroatoms. The zero-order valence-corrected chi connectivity index (χ0v) is 8.83. The van der Waals surface area contributed by atoms with Gasteiger partial charge in [-0.1, -0.05) is 42.8 Å². The van der Waals surface area contributed by atoms with Gasteiger partial charge in [0.2, 0.25) is 0 Å². The Morgan fingerprint density at radius 3 is 2.64 bits per heavy atom. The molecule has 75 valence electrons. The third-order valence-electron chi connectivity index (χ3n) is 1.68. The van der Waals surface area contributed by atoms with Crippen LogP contribution in [0.3, 0.4) is 0 Å².